The third-order valence-corrected chi connectivity index (χ3v) is 4.24. The molecule has 0 spiro atoms. The number of rotatable bonds is 5. The van der Waals surface area contributed by atoms with Gasteiger partial charge in [-0.05, 0) is 44.9 Å². The fraction of sp³-hybridized carbons (Fsp3) is 0.438. The molecule has 0 aliphatic rings. The van der Waals surface area contributed by atoms with Crippen molar-refractivity contribution in [3.05, 3.63) is 40.4 Å². The van der Waals surface area contributed by atoms with Crippen LogP contribution >= 0.6 is 11.3 Å². The largest absolute Gasteiger partial charge is 0.309 e. The number of thiazole rings is 1. The van der Waals surface area contributed by atoms with E-state index in [1.165, 1.54) is 16.7 Å². The average molecular weight is 274 g/mol. The maximum Gasteiger partial charge on any atom is 0.124 e. The third kappa shape index (κ3) is 3.23. The summed E-state index contributed by atoms with van der Waals surface area (Å²) in [4.78, 5) is 4.81. The number of aryl methyl sites for hydroxylation is 2. The van der Waals surface area contributed by atoms with Gasteiger partial charge in [0.05, 0.1) is 5.69 Å². The minimum Gasteiger partial charge on any atom is -0.309 e. The molecule has 1 aromatic heterocycles. The molecule has 2 rings (SSSR count). The first kappa shape index (κ1) is 14.2. The molecule has 0 fully saturated rings. The van der Waals surface area contributed by atoms with Gasteiger partial charge in [-0.2, -0.15) is 0 Å². The van der Waals surface area contributed by atoms with Crippen LogP contribution in [0.15, 0.2) is 23.6 Å². The van der Waals surface area contributed by atoms with Crippen LogP contribution in [0.1, 0.15) is 43.1 Å². The quantitative estimate of drug-likeness (QED) is 0.869. The molecular formula is C16H22N2S. The van der Waals surface area contributed by atoms with Crippen molar-refractivity contribution in [2.24, 2.45) is 0 Å². The summed E-state index contributed by atoms with van der Waals surface area (Å²) in [6.07, 6.45) is 1.15. The molecule has 0 aliphatic heterocycles. The minimum atomic E-state index is 0.328. The zero-order chi connectivity index (χ0) is 13.8. The van der Waals surface area contributed by atoms with Gasteiger partial charge >= 0.3 is 0 Å². The molecule has 102 valence electrons. The van der Waals surface area contributed by atoms with E-state index in [0.29, 0.717) is 6.04 Å². The first-order valence-corrected chi connectivity index (χ1v) is 7.76. The van der Waals surface area contributed by atoms with Gasteiger partial charge in [0.25, 0.3) is 0 Å². The number of nitrogens with one attached hydrogen (secondary N) is 1. The van der Waals surface area contributed by atoms with Gasteiger partial charge in [-0.25, -0.2) is 4.98 Å². The van der Waals surface area contributed by atoms with Gasteiger partial charge in [0.1, 0.15) is 5.01 Å². The van der Waals surface area contributed by atoms with Crippen molar-refractivity contribution in [2.45, 2.75) is 40.2 Å². The molecule has 1 atom stereocenters. The van der Waals surface area contributed by atoms with Crippen molar-refractivity contribution >= 4 is 11.3 Å². The lowest BCUT2D eigenvalue weighted by Crippen LogP contribution is -2.19. The maximum absolute atomic E-state index is 4.81. The molecule has 0 saturated heterocycles. The molecular weight excluding hydrogens is 252 g/mol. The molecule has 0 radical (unpaired) electrons. The molecule has 0 bridgehead atoms. The van der Waals surface area contributed by atoms with Gasteiger partial charge in [-0.1, -0.05) is 25.1 Å². The molecule has 1 heterocycles. The van der Waals surface area contributed by atoms with Crippen LogP contribution in [0.4, 0.5) is 0 Å². The predicted octanol–water partition coefficient (Wildman–Crippen LogP) is 4.49. The molecule has 0 amide bonds. The summed E-state index contributed by atoms with van der Waals surface area (Å²) < 4.78 is 0. The van der Waals surface area contributed by atoms with Crippen LogP contribution in [-0.2, 0) is 0 Å². The number of benzene rings is 1. The Morgan fingerprint density at radius 1 is 1.26 bits per heavy atom. The molecule has 1 aromatic carbocycles. The maximum atomic E-state index is 4.81. The van der Waals surface area contributed by atoms with Gasteiger partial charge in [0, 0.05) is 17.0 Å². The van der Waals surface area contributed by atoms with Crippen molar-refractivity contribution in [3.8, 4) is 10.6 Å². The SMILES string of the molecule is CCCNC(C)c1csc(-c2c(C)cccc2C)n1. The van der Waals surface area contributed by atoms with E-state index in [1.54, 1.807) is 11.3 Å². The average Bonchev–Trinajstić information content (AvgIpc) is 2.85. The highest BCUT2D eigenvalue weighted by atomic mass is 32.1. The number of hydrogen-bond donors (Lipinski definition) is 1. The zero-order valence-electron chi connectivity index (χ0n) is 12.2. The number of aromatic nitrogens is 1. The molecule has 2 aromatic rings. The topological polar surface area (TPSA) is 24.9 Å². The summed E-state index contributed by atoms with van der Waals surface area (Å²) in [5.41, 5.74) is 5.04. The highest BCUT2D eigenvalue weighted by Gasteiger charge is 2.13. The Kier molecular flexibility index (Phi) is 4.72. The van der Waals surface area contributed by atoms with Crippen LogP contribution in [0.3, 0.4) is 0 Å². The van der Waals surface area contributed by atoms with E-state index < -0.39 is 0 Å². The Morgan fingerprint density at radius 2 is 1.95 bits per heavy atom. The van der Waals surface area contributed by atoms with Gasteiger partial charge in [-0.3, -0.25) is 0 Å². The van der Waals surface area contributed by atoms with Crippen LogP contribution in [0.25, 0.3) is 10.6 Å². The second kappa shape index (κ2) is 6.31. The second-order valence-electron chi connectivity index (χ2n) is 5.02. The molecule has 19 heavy (non-hydrogen) atoms. The van der Waals surface area contributed by atoms with Gasteiger partial charge < -0.3 is 5.32 Å². The summed E-state index contributed by atoms with van der Waals surface area (Å²) >= 11 is 1.74. The van der Waals surface area contributed by atoms with Crippen molar-refractivity contribution in [1.82, 2.24) is 10.3 Å². The monoisotopic (exact) mass is 274 g/mol. The van der Waals surface area contributed by atoms with Crippen molar-refractivity contribution in [3.63, 3.8) is 0 Å². The lowest BCUT2D eigenvalue weighted by Gasteiger charge is -2.10. The Hall–Kier alpha value is -1.19. The van der Waals surface area contributed by atoms with Gasteiger partial charge in [0.15, 0.2) is 0 Å². The smallest absolute Gasteiger partial charge is 0.124 e. The summed E-state index contributed by atoms with van der Waals surface area (Å²) in [6, 6.07) is 6.74. The molecule has 0 aliphatic carbocycles. The summed E-state index contributed by atoms with van der Waals surface area (Å²) in [5.74, 6) is 0. The first-order chi connectivity index (χ1) is 9.13. The summed E-state index contributed by atoms with van der Waals surface area (Å²) in [6.45, 7) is 9.71. The molecule has 3 heteroatoms. The zero-order valence-corrected chi connectivity index (χ0v) is 13.0. The van der Waals surface area contributed by atoms with E-state index in [9.17, 15) is 0 Å². The Bertz CT molecular complexity index is 525. The minimum absolute atomic E-state index is 0.328. The van der Waals surface area contributed by atoms with E-state index >= 15 is 0 Å². The molecule has 0 saturated carbocycles. The second-order valence-corrected chi connectivity index (χ2v) is 5.88. The molecule has 1 unspecified atom stereocenters. The highest BCUT2D eigenvalue weighted by Crippen LogP contribution is 2.31. The molecule has 2 nitrogen and oxygen atoms in total. The van der Waals surface area contributed by atoms with Crippen LogP contribution in [-0.4, -0.2) is 11.5 Å². The van der Waals surface area contributed by atoms with Crippen LogP contribution < -0.4 is 5.32 Å². The highest BCUT2D eigenvalue weighted by molar-refractivity contribution is 7.13. The third-order valence-electron chi connectivity index (χ3n) is 3.36. The van der Waals surface area contributed by atoms with E-state index in [0.717, 1.165) is 23.7 Å². The van der Waals surface area contributed by atoms with Crippen molar-refractivity contribution < 1.29 is 0 Å². The first-order valence-electron chi connectivity index (χ1n) is 6.89. The fourth-order valence-electron chi connectivity index (χ4n) is 2.22. The number of nitrogens with zero attached hydrogens (tertiary/aromatic N) is 1. The van der Waals surface area contributed by atoms with Crippen molar-refractivity contribution in [1.29, 1.82) is 0 Å². The Balaban J connectivity index is 2.26. The van der Waals surface area contributed by atoms with E-state index in [-0.39, 0.29) is 0 Å². The predicted molar refractivity (Wildman–Crippen MR) is 83.7 cm³/mol. The van der Waals surface area contributed by atoms with Crippen LogP contribution in [0.5, 0.6) is 0 Å². The molecule has 1 N–H and O–H groups in total. The van der Waals surface area contributed by atoms with Gasteiger partial charge in [0.2, 0.25) is 0 Å². The van der Waals surface area contributed by atoms with E-state index in [2.05, 4.69) is 56.6 Å². The normalized spacial score (nSPS) is 12.6. The standard InChI is InChI=1S/C16H22N2S/c1-5-9-17-13(4)14-10-19-16(18-14)15-11(2)7-6-8-12(15)3/h6-8,10,13,17H,5,9H2,1-4H3. The lowest BCUT2D eigenvalue weighted by molar-refractivity contribution is 0.561. The van der Waals surface area contributed by atoms with E-state index in [1.807, 2.05) is 0 Å². The lowest BCUT2D eigenvalue weighted by atomic mass is 10.0. The number of hydrogen-bond acceptors (Lipinski definition) is 3. The summed E-state index contributed by atoms with van der Waals surface area (Å²) in [7, 11) is 0. The summed E-state index contributed by atoms with van der Waals surface area (Å²) in [5, 5.41) is 6.80. The van der Waals surface area contributed by atoms with Crippen molar-refractivity contribution in [2.75, 3.05) is 6.54 Å². The Morgan fingerprint density at radius 3 is 2.58 bits per heavy atom. The Labute approximate surface area is 119 Å². The van der Waals surface area contributed by atoms with Crippen LogP contribution in [0, 0.1) is 13.8 Å². The van der Waals surface area contributed by atoms with Gasteiger partial charge in [-0.15, -0.1) is 11.3 Å². The fourth-order valence-corrected chi connectivity index (χ4v) is 3.30. The van der Waals surface area contributed by atoms with E-state index in [4.69, 9.17) is 4.98 Å². The van der Waals surface area contributed by atoms with Crippen LogP contribution in [0.2, 0.25) is 0 Å².